The summed E-state index contributed by atoms with van der Waals surface area (Å²) in [4.78, 5) is 27.9. The number of nitrogens with one attached hydrogen (secondary N) is 2. The van der Waals surface area contributed by atoms with Gasteiger partial charge in [-0.25, -0.2) is 8.42 Å². The fraction of sp³-hybridized carbons (Fsp3) is 0.364. The Morgan fingerprint density at radius 2 is 2.00 bits per heavy atom. The number of anilines is 2. The topological polar surface area (TPSA) is 105 Å². The van der Waals surface area contributed by atoms with E-state index in [9.17, 15) is 18.0 Å². The third-order valence-corrected chi connectivity index (χ3v) is 8.15. The van der Waals surface area contributed by atoms with Gasteiger partial charge in [-0.15, -0.1) is 11.8 Å². The Balaban J connectivity index is 1.49. The first-order valence-corrected chi connectivity index (χ1v) is 12.8. The maximum absolute atomic E-state index is 12.9. The lowest BCUT2D eigenvalue weighted by Gasteiger charge is -2.18. The molecule has 2 amide bonds. The van der Waals surface area contributed by atoms with Crippen LogP contribution in [0.1, 0.15) is 19.3 Å². The Labute approximate surface area is 191 Å². The van der Waals surface area contributed by atoms with E-state index in [1.54, 1.807) is 30.3 Å². The molecule has 1 fully saturated rings. The number of benzene rings is 2. The van der Waals surface area contributed by atoms with Crippen LogP contribution in [0.3, 0.4) is 0 Å². The number of hydrogen-bond donors (Lipinski definition) is 2. The molecule has 2 aliphatic rings. The summed E-state index contributed by atoms with van der Waals surface area (Å²) in [5.74, 6) is 0.270. The average Bonchev–Trinajstić information content (AvgIpc) is 3.27. The van der Waals surface area contributed by atoms with Crippen molar-refractivity contribution < 1.29 is 22.7 Å². The summed E-state index contributed by atoms with van der Waals surface area (Å²) in [5.41, 5.74) is 0.808. The van der Waals surface area contributed by atoms with E-state index in [0.29, 0.717) is 22.9 Å². The number of fused-ring (bicyclic) bond motifs is 1. The molecule has 0 saturated carbocycles. The number of likely N-dealkylation sites (tertiary alicyclic amines) is 1. The Hall–Kier alpha value is -2.72. The number of carbonyl (C=O) groups excluding carboxylic acids is 2. The monoisotopic (exact) mass is 475 g/mol. The van der Waals surface area contributed by atoms with E-state index >= 15 is 0 Å². The molecule has 2 aromatic rings. The Morgan fingerprint density at radius 1 is 1.22 bits per heavy atom. The highest BCUT2D eigenvalue weighted by atomic mass is 32.2. The first-order chi connectivity index (χ1) is 15.4. The Bertz CT molecular complexity index is 1130. The van der Waals surface area contributed by atoms with E-state index in [4.69, 9.17) is 4.74 Å². The van der Waals surface area contributed by atoms with Crippen molar-refractivity contribution >= 4 is 45.0 Å². The van der Waals surface area contributed by atoms with Crippen LogP contribution in [0.4, 0.5) is 11.4 Å². The summed E-state index contributed by atoms with van der Waals surface area (Å²) < 4.78 is 33.4. The molecule has 0 radical (unpaired) electrons. The second-order valence-electron chi connectivity index (χ2n) is 7.78. The van der Waals surface area contributed by atoms with E-state index in [1.165, 1.54) is 31.0 Å². The zero-order valence-corrected chi connectivity index (χ0v) is 19.3. The largest absolute Gasteiger partial charge is 0.497 e. The van der Waals surface area contributed by atoms with Crippen molar-refractivity contribution in [2.75, 3.05) is 36.0 Å². The summed E-state index contributed by atoms with van der Waals surface area (Å²) in [6, 6.07) is 11.3. The molecule has 0 unspecified atom stereocenters. The maximum atomic E-state index is 12.9. The van der Waals surface area contributed by atoms with Gasteiger partial charge in [0.1, 0.15) is 5.75 Å². The van der Waals surface area contributed by atoms with Crippen molar-refractivity contribution in [1.29, 1.82) is 0 Å². The highest BCUT2D eigenvalue weighted by molar-refractivity contribution is 7.99. The lowest BCUT2D eigenvalue weighted by Crippen LogP contribution is -2.33. The van der Waals surface area contributed by atoms with Crippen molar-refractivity contribution in [1.82, 2.24) is 4.90 Å². The number of carbonyl (C=O) groups is 2. The molecule has 0 bridgehead atoms. The number of nitrogens with zero attached hydrogens (tertiary/aromatic N) is 1. The molecule has 2 N–H and O–H groups in total. The van der Waals surface area contributed by atoms with E-state index in [0.717, 1.165) is 30.8 Å². The van der Waals surface area contributed by atoms with Crippen molar-refractivity contribution in [2.45, 2.75) is 29.1 Å². The number of rotatable bonds is 6. The van der Waals surface area contributed by atoms with Gasteiger partial charge < -0.3 is 15.0 Å². The van der Waals surface area contributed by atoms with E-state index in [1.807, 2.05) is 4.90 Å². The van der Waals surface area contributed by atoms with Crippen molar-refractivity contribution in [3.8, 4) is 5.75 Å². The number of thioether (sulfide) groups is 1. The van der Waals surface area contributed by atoms with E-state index in [2.05, 4.69) is 10.0 Å². The van der Waals surface area contributed by atoms with Crippen LogP contribution in [0.25, 0.3) is 0 Å². The lowest BCUT2D eigenvalue weighted by atomic mass is 10.1. The van der Waals surface area contributed by atoms with Crippen molar-refractivity contribution in [2.24, 2.45) is 5.92 Å². The summed E-state index contributed by atoms with van der Waals surface area (Å²) >= 11 is 1.45. The van der Waals surface area contributed by atoms with Crippen LogP contribution in [-0.4, -0.2) is 51.1 Å². The van der Waals surface area contributed by atoms with Gasteiger partial charge in [0.05, 0.1) is 29.3 Å². The summed E-state index contributed by atoms with van der Waals surface area (Å²) in [6.45, 7) is 1.50. The predicted molar refractivity (Wildman–Crippen MR) is 124 cm³/mol. The summed E-state index contributed by atoms with van der Waals surface area (Å²) in [7, 11) is -2.37. The number of ether oxygens (including phenoxy) is 1. The highest BCUT2D eigenvalue weighted by Crippen LogP contribution is 2.35. The van der Waals surface area contributed by atoms with Crippen LogP contribution >= 0.6 is 11.8 Å². The second-order valence-corrected chi connectivity index (χ2v) is 10.5. The van der Waals surface area contributed by atoms with Gasteiger partial charge in [0.2, 0.25) is 11.8 Å². The van der Waals surface area contributed by atoms with E-state index in [-0.39, 0.29) is 23.1 Å². The highest BCUT2D eigenvalue weighted by Gasteiger charge is 2.30. The number of amides is 2. The van der Waals surface area contributed by atoms with Gasteiger partial charge in [-0.3, -0.25) is 14.3 Å². The summed E-state index contributed by atoms with van der Waals surface area (Å²) in [5, 5.41) is 2.82. The standard InChI is InChI=1S/C22H25N3O5S2/c1-30-17-6-4-5-16(12-17)24-32(28,29)18-7-8-20-19(13-18)23-22(27)15(14-31-20)11-21(26)25-9-2-3-10-25/h4-8,12-13,15,24H,2-3,9-11,14H2,1H3,(H,23,27)/t15-/m0/s1. The molecule has 0 spiro atoms. The molecule has 8 nitrogen and oxygen atoms in total. The zero-order chi connectivity index (χ0) is 22.7. The molecule has 2 aliphatic heterocycles. The van der Waals surface area contributed by atoms with Crippen LogP contribution in [0.15, 0.2) is 52.3 Å². The molecular formula is C22H25N3O5S2. The molecule has 1 atom stereocenters. The van der Waals surface area contributed by atoms with Crippen LogP contribution in [-0.2, 0) is 19.6 Å². The first kappa shape index (κ1) is 22.5. The van der Waals surface area contributed by atoms with Crippen molar-refractivity contribution in [3.63, 3.8) is 0 Å². The third-order valence-electron chi connectivity index (χ3n) is 5.53. The molecule has 2 heterocycles. The fourth-order valence-corrected chi connectivity index (χ4v) is 5.91. The molecule has 0 aliphatic carbocycles. The van der Waals surface area contributed by atoms with Crippen molar-refractivity contribution in [3.05, 3.63) is 42.5 Å². The third kappa shape index (κ3) is 5.02. The van der Waals surface area contributed by atoms with Gasteiger partial charge in [0.25, 0.3) is 10.0 Å². The Kier molecular flexibility index (Phi) is 6.61. The van der Waals surface area contributed by atoms with Gasteiger partial charge in [-0.05, 0) is 43.2 Å². The second kappa shape index (κ2) is 9.41. The smallest absolute Gasteiger partial charge is 0.261 e. The van der Waals surface area contributed by atoms with Crippen LogP contribution < -0.4 is 14.8 Å². The molecule has 1 saturated heterocycles. The average molecular weight is 476 g/mol. The Morgan fingerprint density at radius 3 is 2.75 bits per heavy atom. The quantitative estimate of drug-likeness (QED) is 0.665. The SMILES string of the molecule is COc1cccc(NS(=O)(=O)c2ccc3c(c2)NC(=O)[C@@H](CC(=O)N2CCCC2)CS3)c1. The van der Waals surface area contributed by atoms with Gasteiger partial charge >= 0.3 is 0 Å². The molecule has 4 rings (SSSR count). The van der Waals surface area contributed by atoms with E-state index < -0.39 is 15.9 Å². The van der Waals surface area contributed by atoms with Gasteiger partial charge in [-0.1, -0.05) is 6.07 Å². The zero-order valence-electron chi connectivity index (χ0n) is 17.7. The lowest BCUT2D eigenvalue weighted by molar-refractivity contribution is -0.133. The van der Waals surface area contributed by atoms with Gasteiger partial charge in [-0.2, -0.15) is 0 Å². The normalized spacial score (nSPS) is 18.5. The number of methoxy groups -OCH3 is 1. The molecule has 10 heteroatoms. The maximum Gasteiger partial charge on any atom is 0.261 e. The first-order valence-electron chi connectivity index (χ1n) is 10.4. The molecular weight excluding hydrogens is 450 g/mol. The number of hydrogen-bond acceptors (Lipinski definition) is 6. The van der Waals surface area contributed by atoms with Gasteiger partial charge in [0, 0.05) is 36.2 Å². The van der Waals surface area contributed by atoms with Gasteiger partial charge in [0.15, 0.2) is 0 Å². The van der Waals surface area contributed by atoms with Crippen LogP contribution in [0.2, 0.25) is 0 Å². The fourth-order valence-electron chi connectivity index (χ4n) is 3.76. The van der Waals surface area contributed by atoms with Crippen LogP contribution in [0.5, 0.6) is 5.75 Å². The molecule has 2 aromatic carbocycles. The molecule has 170 valence electrons. The predicted octanol–water partition coefficient (Wildman–Crippen LogP) is 3.17. The minimum absolute atomic E-state index is 0.0000350. The molecule has 0 aromatic heterocycles. The number of sulfonamides is 1. The molecule has 32 heavy (non-hydrogen) atoms. The minimum atomic E-state index is -3.87. The summed E-state index contributed by atoms with van der Waals surface area (Å²) in [6.07, 6.45) is 2.17. The van der Waals surface area contributed by atoms with Crippen LogP contribution in [0, 0.1) is 5.92 Å². The minimum Gasteiger partial charge on any atom is -0.497 e.